The second-order valence-corrected chi connectivity index (χ2v) is 5.06. The fourth-order valence-electron chi connectivity index (χ4n) is 0.913. The molecule has 108 valence electrons. The van der Waals surface area contributed by atoms with E-state index < -0.39 is 24.0 Å². The molecule has 0 aromatic heterocycles. The van der Waals surface area contributed by atoms with Crippen LogP contribution in [0, 0.1) is 0 Å². The number of carboxylic acids is 2. The predicted octanol–water partition coefficient (Wildman–Crippen LogP) is 0.740. The first kappa shape index (κ1) is 19.5. The van der Waals surface area contributed by atoms with Gasteiger partial charge in [0.25, 0.3) is 0 Å². The van der Waals surface area contributed by atoms with Crippen molar-refractivity contribution in [2.75, 3.05) is 11.5 Å². The average Bonchev–Trinajstić information content (AvgIpc) is 2.30. The lowest BCUT2D eigenvalue weighted by molar-refractivity contribution is -0.139. The van der Waals surface area contributed by atoms with Gasteiger partial charge in [0.15, 0.2) is 0 Å². The summed E-state index contributed by atoms with van der Waals surface area (Å²) in [5.74, 6) is 0.0413. The molecule has 0 amide bonds. The normalized spacial score (nSPS) is 13.1. The van der Waals surface area contributed by atoms with E-state index in [9.17, 15) is 9.59 Å². The topological polar surface area (TPSA) is 127 Å². The average molecular weight is 280 g/mol. The number of thioether (sulfide) groups is 1. The summed E-state index contributed by atoms with van der Waals surface area (Å²) in [5.41, 5.74) is 10.4. The lowest BCUT2D eigenvalue weighted by Gasteiger charge is -2.03. The molecule has 0 aliphatic heterocycles. The monoisotopic (exact) mass is 280 g/mol. The van der Waals surface area contributed by atoms with Crippen LogP contribution in [-0.2, 0) is 9.59 Å². The first-order valence-corrected chi connectivity index (χ1v) is 7.06. The van der Waals surface area contributed by atoms with Crippen molar-refractivity contribution in [2.45, 2.75) is 45.2 Å². The van der Waals surface area contributed by atoms with Crippen LogP contribution in [0.25, 0.3) is 0 Å². The smallest absolute Gasteiger partial charge is 0.320 e. The maximum absolute atomic E-state index is 10.2. The second-order valence-electron chi connectivity index (χ2n) is 3.66. The molecule has 0 aromatic carbocycles. The van der Waals surface area contributed by atoms with Crippen LogP contribution < -0.4 is 11.5 Å². The van der Waals surface area contributed by atoms with Crippen LogP contribution in [0.3, 0.4) is 0 Å². The van der Waals surface area contributed by atoms with Gasteiger partial charge in [-0.2, -0.15) is 11.8 Å². The molecule has 2 atom stereocenters. The molecule has 0 rings (SSSR count). The largest absolute Gasteiger partial charge is 0.480 e. The molecule has 18 heavy (non-hydrogen) atoms. The molecule has 0 saturated heterocycles. The third kappa shape index (κ3) is 13.3. The highest BCUT2D eigenvalue weighted by Crippen LogP contribution is 2.02. The zero-order valence-corrected chi connectivity index (χ0v) is 11.8. The molecule has 6 N–H and O–H groups in total. The number of aliphatic carboxylic acids is 2. The SMILES string of the molecule is CCCC(N)C(=O)O.CCSCCC(N)C(=O)O. The minimum Gasteiger partial charge on any atom is -0.480 e. The molecule has 0 fully saturated rings. The highest BCUT2D eigenvalue weighted by Gasteiger charge is 2.09. The minimum absolute atomic E-state index is 0.563. The second kappa shape index (κ2) is 12.7. The molecule has 0 aliphatic carbocycles. The molecule has 0 saturated carbocycles. The number of hydrogen-bond donors (Lipinski definition) is 4. The predicted molar refractivity (Wildman–Crippen MR) is 73.7 cm³/mol. The molecule has 0 aromatic rings. The van der Waals surface area contributed by atoms with Crippen molar-refractivity contribution < 1.29 is 19.8 Å². The Morgan fingerprint density at radius 1 is 1.06 bits per heavy atom. The Morgan fingerprint density at radius 2 is 1.50 bits per heavy atom. The molecular weight excluding hydrogens is 256 g/mol. The minimum atomic E-state index is -0.910. The van der Waals surface area contributed by atoms with Gasteiger partial charge in [-0.05, 0) is 24.3 Å². The van der Waals surface area contributed by atoms with Crippen LogP contribution in [0.4, 0.5) is 0 Å². The Morgan fingerprint density at radius 3 is 1.78 bits per heavy atom. The molecule has 0 heterocycles. The number of carboxylic acid groups (broad SMARTS) is 2. The van der Waals surface area contributed by atoms with Gasteiger partial charge >= 0.3 is 11.9 Å². The van der Waals surface area contributed by atoms with Crippen LogP contribution in [0.1, 0.15) is 33.1 Å². The fourth-order valence-corrected chi connectivity index (χ4v) is 1.62. The number of carbonyl (C=O) groups is 2. The summed E-state index contributed by atoms with van der Waals surface area (Å²) in [6, 6.07) is -1.35. The zero-order valence-electron chi connectivity index (χ0n) is 11.0. The van der Waals surface area contributed by atoms with E-state index >= 15 is 0 Å². The first-order chi connectivity index (χ1) is 8.36. The Labute approximate surface area is 112 Å². The van der Waals surface area contributed by atoms with E-state index in [2.05, 4.69) is 0 Å². The van der Waals surface area contributed by atoms with Crippen LogP contribution in [0.15, 0.2) is 0 Å². The van der Waals surface area contributed by atoms with Gasteiger partial charge in [-0.1, -0.05) is 20.3 Å². The van der Waals surface area contributed by atoms with Gasteiger partial charge in [0, 0.05) is 0 Å². The quantitative estimate of drug-likeness (QED) is 0.483. The van der Waals surface area contributed by atoms with Crippen molar-refractivity contribution >= 4 is 23.7 Å². The third-order valence-corrected chi connectivity index (χ3v) is 2.94. The Kier molecular flexibility index (Phi) is 13.7. The van der Waals surface area contributed by atoms with Gasteiger partial charge in [0.1, 0.15) is 12.1 Å². The molecule has 2 unspecified atom stereocenters. The number of nitrogens with two attached hydrogens (primary N) is 2. The lowest BCUT2D eigenvalue weighted by Crippen LogP contribution is -2.30. The van der Waals surface area contributed by atoms with Gasteiger partial charge in [0.2, 0.25) is 0 Å². The van der Waals surface area contributed by atoms with E-state index in [-0.39, 0.29) is 0 Å². The summed E-state index contributed by atoms with van der Waals surface area (Å²) in [4.78, 5) is 20.1. The summed E-state index contributed by atoms with van der Waals surface area (Å²) in [7, 11) is 0. The summed E-state index contributed by atoms with van der Waals surface area (Å²) in [6.45, 7) is 3.94. The molecule has 0 radical (unpaired) electrons. The molecule has 0 aliphatic rings. The van der Waals surface area contributed by atoms with Crippen molar-refractivity contribution in [1.82, 2.24) is 0 Å². The Hall–Kier alpha value is -0.790. The maximum Gasteiger partial charge on any atom is 0.320 e. The van der Waals surface area contributed by atoms with Crippen molar-refractivity contribution in [3.8, 4) is 0 Å². The Balaban J connectivity index is 0. The van der Waals surface area contributed by atoms with Crippen LogP contribution in [0.5, 0.6) is 0 Å². The number of hydrogen-bond acceptors (Lipinski definition) is 5. The van der Waals surface area contributed by atoms with Gasteiger partial charge in [-0.15, -0.1) is 0 Å². The van der Waals surface area contributed by atoms with Gasteiger partial charge in [0.05, 0.1) is 0 Å². The highest BCUT2D eigenvalue weighted by molar-refractivity contribution is 7.99. The van der Waals surface area contributed by atoms with E-state index in [0.717, 1.165) is 17.9 Å². The van der Waals surface area contributed by atoms with E-state index in [0.29, 0.717) is 12.8 Å². The van der Waals surface area contributed by atoms with Crippen molar-refractivity contribution in [1.29, 1.82) is 0 Å². The summed E-state index contributed by atoms with van der Waals surface area (Å²) < 4.78 is 0. The highest BCUT2D eigenvalue weighted by atomic mass is 32.2. The lowest BCUT2D eigenvalue weighted by atomic mass is 10.2. The zero-order chi connectivity index (χ0) is 14.6. The van der Waals surface area contributed by atoms with Crippen molar-refractivity contribution in [2.24, 2.45) is 11.5 Å². The van der Waals surface area contributed by atoms with Crippen molar-refractivity contribution in [3.05, 3.63) is 0 Å². The summed E-state index contributed by atoms with van der Waals surface area (Å²) in [6.07, 6.45) is 1.96. The van der Waals surface area contributed by atoms with E-state index in [1.807, 2.05) is 13.8 Å². The molecule has 6 nitrogen and oxygen atoms in total. The standard InChI is InChI=1S/C6H13NO2S.C5H11NO2/c1-2-10-4-3-5(7)6(8)9;1-2-3-4(6)5(7)8/h5H,2-4,7H2,1H3,(H,8,9);4H,2-3,6H2,1H3,(H,7,8). The van der Waals surface area contributed by atoms with E-state index in [1.165, 1.54) is 0 Å². The molecular formula is C11H24N2O4S. The molecule has 0 spiro atoms. The van der Waals surface area contributed by atoms with Crippen LogP contribution in [0.2, 0.25) is 0 Å². The summed E-state index contributed by atoms with van der Waals surface area (Å²) in [5, 5.41) is 16.5. The van der Waals surface area contributed by atoms with Gasteiger partial charge in [-0.25, -0.2) is 0 Å². The van der Waals surface area contributed by atoms with E-state index in [1.54, 1.807) is 11.8 Å². The Bertz CT molecular complexity index is 239. The van der Waals surface area contributed by atoms with Gasteiger partial charge < -0.3 is 21.7 Å². The first-order valence-electron chi connectivity index (χ1n) is 5.91. The van der Waals surface area contributed by atoms with Crippen LogP contribution >= 0.6 is 11.8 Å². The van der Waals surface area contributed by atoms with Crippen molar-refractivity contribution in [3.63, 3.8) is 0 Å². The van der Waals surface area contributed by atoms with Gasteiger partial charge in [-0.3, -0.25) is 9.59 Å². The van der Waals surface area contributed by atoms with Crippen LogP contribution in [-0.4, -0.2) is 45.7 Å². The number of rotatable bonds is 8. The third-order valence-electron chi connectivity index (χ3n) is 2.01. The maximum atomic E-state index is 10.2. The molecule has 7 heteroatoms. The summed E-state index contributed by atoms with van der Waals surface area (Å²) >= 11 is 1.71. The fraction of sp³-hybridized carbons (Fsp3) is 0.818. The molecule has 0 bridgehead atoms. The van der Waals surface area contributed by atoms with E-state index in [4.69, 9.17) is 21.7 Å².